The number of piperidine rings is 1. The lowest BCUT2D eigenvalue weighted by atomic mass is 9.95. The molecule has 0 aliphatic carbocycles. The number of nitrogens with zero attached hydrogens (tertiary/aromatic N) is 2. The molecule has 116 valence electrons. The fraction of sp³-hybridized carbons (Fsp3) is 0.438. The maximum atomic E-state index is 12.3. The quantitative estimate of drug-likeness (QED) is 0.869. The van der Waals surface area contributed by atoms with Crippen LogP contribution in [0.1, 0.15) is 25.3 Å². The molecule has 6 heteroatoms. The smallest absolute Gasteiger partial charge is 0.241 e. The van der Waals surface area contributed by atoms with Gasteiger partial charge in [0, 0.05) is 11.6 Å². The van der Waals surface area contributed by atoms with E-state index in [0.717, 1.165) is 0 Å². The number of anilines is 1. The van der Waals surface area contributed by atoms with Crippen LogP contribution < -0.4 is 11.1 Å². The molecule has 1 aliphatic rings. The molecular formula is C16H20N4O2. The van der Waals surface area contributed by atoms with Crippen molar-refractivity contribution in [2.24, 2.45) is 11.7 Å². The Morgan fingerprint density at radius 3 is 2.68 bits per heavy atom. The molecule has 0 aromatic heterocycles. The summed E-state index contributed by atoms with van der Waals surface area (Å²) < 4.78 is 0. The zero-order valence-corrected chi connectivity index (χ0v) is 12.6. The van der Waals surface area contributed by atoms with Gasteiger partial charge in [-0.2, -0.15) is 5.26 Å². The van der Waals surface area contributed by atoms with Crippen molar-refractivity contribution >= 4 is 17.5 Å². The lowest BCUT2D eigenvalue weighted by molar-refractivity contribution is -0.124. The zero-order valence-electron chi connectivity index (χ0n) is 12.6. The molecule has 0 saturated carbocycles. The van der Waals surface area contributed by atoms with Gasteiger partial charge in [0.25, 0.3) is 0 Å². The van der Waals surface area contributed by atoms with Gasteiger partial charge in [-0.05, 0) is 51.1 Å². The minimum atomic E-state index is -0.292. The predicted octanol–water partition coefficient (Wildman–Crippen LogP) is 1.08. The molecule has 0 bridgehead atoms. The average molecular weight is 300 g/mol. The summed E-state index contributed by atoms with van der Waals surface area (Å²) in [6.07, 6.45) is 1.38. The third-order valence-corrected chi connectivity index (χ3v) is 4.12. The maximum absolute atomic E-state index is 12.3. The van der Waals surface area contributed by atoms with Crippen molar-refractivity contribution < 1.29 is 9.59 Å². The van der Waals surface area contributed by atoms with E-state index in [-0.39, 0.29) is 23.8 Å². The van der Waals surface area contributed by atoms with Crippen LogP contribution in [0, 0.1) is 17.2 Å². The van der Waals surface area contributed by atoms with Crippen molar-refractivity contribution in [2.75, 3.05) is 18.4 Å². The van der Waals surface area contributed by atoms with Gasteiger partial charge in [0.1, 0.15) is 0 Å². The number of carbonyl (C=O) groups is 2. The monoisotopic (exact) mass is 300 g/mol. The molecule has 22 heavy (non-hydrogen) atoms. The summed E-state index contributed by atoms with van der Waals surface area (Å²) in [5.74, 6) is -0.462. The van der Waals surface area contributed by atoms with Crippen molar-refractivity contribution in [1.82, 2.24) is 4.90 Å². The second kappa shape index (κ2) is 7.05. The number of nitrogens with two attached hydrogens (primary N) is 1. The van der Waals surface area contributed by atoms with Crippen molar-refractivity contribution in [3.05, 3.63) is 29.8 Å². The first-order valence-electron chi connectivity index (χ1n) is 7.35. The SMILES string of the molecule is CC(C(=O)Nc1cccc(C#N)c1)N1CCC(C(N)=O)CC1. The molecule has 1 heterocycles. The molecule has 1 atom stereocenters. The topological polar surface area (TPSA) is 99.2 Å². The van der Waals surface area contributed by atoms with E-state index in [1.807, 2.05) is 17.9 Å². The van der Waals surface area contributed by atoms with Gasteiger partial charge in [-0.1, -0.05) is 6.07 Å². The molecule has 6 nitrogen and oxygen atoms in total. The summed E-state index contributed by atoms with van der Waals surface area (Å²) in [5.41, 5.74) is 6.44. The second-order valence-corrected chi connectivity index (χ2v) is 5.57. The van der Waals surface area contributed by atoms with Crippen LogP contribution in [0.5, 0.6) is 0 Å². The average Bonchev–Trinajstić information content (AvgIpc) is 2.54. The molecular weight excluding hydrogens is 280 g/mol. The number of likely N-dealkylation sites (tertiary alicyclic amines) is 1. The van der Waals surface area contributed by atoms with Gasteiger partial charge in [-0.25, -0.2) is 0 Å². The van der Waals surface area contributed by atoms with Gasteiger partial charge in [0.2, 0.25) is 11.8 Å². The number of nitrogens with one attached hydrogen (secondary N) is 1. The zero-order chi connectivity index (χ0) is 16.1. The number of primary amides is 1. The van der Waals surface area contributed by atoms with Gasteiger partial charge in [-0.3, -0.25) is 14.5 Å². The first-order valence-corrected chi connectivity index (χ1v) is 7.35. The van der Waals surface area contributed by atoms with Gasteiger partial charge in [0.15, 0.2) is 0 Å². The molecule has 1 aromatic carbocycles. The molecule has 1 unspecified atom stereocenters. The first-order chi connectivity index (χ1) is 10.5. The molecule has 2 rings (SSSR count). The van der Waals surface area contributed by atoms with Gasteiger partial charge in [0.05, 0.1) is 17.7 Å². The van der Waals surface area contributed by atoms with Crippen molar-refractivity contribution in [3.63, 3.8) is 0 Å². The number of nitriles is 1. The van der Waals surface area contributed by atoms with Crippen LogP contribution in [-0.2, 0) is 9.59 Å². The van der Waals surface area contributed by atoms with Crippen LogP contribution in [-0.4, -0.2) is 35.8 Å². The first kappa shape index (κ1) is 16.0. The third kappa shape index (κ3) is 3.83. The molecule has 1 aliphatic heterocycles. The lowest BCUT2D eigenvalue weighted by Gasteiger charge is -2.34. The molecule has 1 fully saturated rings. The van der Waals surface area contributed by atoms with Crippen LogP contribution in [0.25, 0.3) is 0 Å². The van der Waals surface area contributed by atoms with Gasteiger partial charge in [-0.15, -0.1) is 0 Å². The van der Waals surface area contributed by atoms with Crippen molar-refractivity contribution in [2.45, 2.75) is 25.8 Å². The molecule has 1 saturated heterocycles. The molecule has 1 aromatic rings. The van der Waals surface area contributed by atoms with Crippen molar-refractivity contribution in [1.29, 1.82) is 5.26 Å². The van der Waals surface area contributed by atoms with Crippen molar-refractivity contribution in [3.8, 4) is 6.07 Å². The molecule has 3 N–H and O–H groups in total. The Balaban J connectivity index is 1.92. The highest BCUT2D eigenvalue weighted by Gasteiger charge is 2.28. The normalized spacial score (nSPS) is 17.5. The van der Waals surface area contributed by atoms with Crippen LogP contribution >= 0.6 is 0 Å². The molecule has 0 radical (unpaired) electrons. The minimum Gasteiger partial charge on any atom is -0.369 e. The van der Waals surface area contributed by atoms with Gasteiger partial charge >= 0.3 is 0 Å². The summed E-state index contributed by atoms with van der Waals surface area (Å²) in [5, 5.41) is 11.7. The summed E-state index contributed by atoms with van der Waals surface area (Å²) >= 11 is 0. The molecule has 0 spiro atoms. The minimum absolute atomic E-state index is 0.0844. The van der Waals surface area contributed by atoms with Gasteiger partial charge < -0.3 is 11.1 Å². The highest BCUT2D eigenvalue weighted by atomic mass is 16.2. The van der Waals surface area contributed by atoms with E-state index < -0.39 is 0 Å². The summed E-state index contributed by atoms with van der Waals surface area (Å²) in [6, 6.07) is 8.57. The van der Waals surface area contributed by atoms with E-state index in [0.29, 0.717) is 37.2 Å². The largest absolute Gasteiger partial charge is 0.369 e. The Morgan fingerprint density at radius 1 is 1.41 bits per heavy atom. The number of hydrogen-bond donors (Lipinski definition) is 2. The highest BCUT2D eigenvalue weighted by molar-refractivity contribution is 5.94. The van der Waals surface area contributed by atoms with Crippen LogP contribution in [0.2, 0.25) is 0 Å². The Bertz CT molecular complexity index is 600. The Morgan fingerprint density at radius 2 is 2.09 bits per heavy atom. The van der Waals surface area contributed by atoms with Crippen LogP contribution in [0.3, 0.4) is 0 Å². The number of amides is 2. The van der Waals surface area contributed by atoms with E-state index in [1.54, 1.807) is 24.3 Å². The Hall–Kier alpha value is -2.39. The summed E-state index contributed by atoms with van der Waals surface area (Å²) in [6.45, 7) is 3.20. The van der Waals surface area contributed by atoms with E-state index in [4.69, 9.17) is 11.0 Å². The summed E-state index contributed by atoms with van der Waals surface area (Å²) in [7, 11) is 0. The number of rotatable bonds is 4. The number of benzene rings is 1. The van der Waals surface area contributed by atoms with E-state index in [2.05, 4.69) is 5.32 Å². The summed E-state index contributed by atoms with van der Waals surface area (Å²) in [4.78, 5) is 25.5. The second-order valence-electron chi connectivity index (χ2n) is 5.57. The number of hydrogen-bond acceptors (Lipinski definition) is 4. The third-order valence-electron chi connectivity index (χ3n) is 4.12. The molecule has 2 amide bonds. The van der Waals surface area contributed by atoms with E-state index in [9.17, 15) is 9.59 Å². The fourth-order valence-electron chi connectivity index (χ4n) is 2.65. The number of carbonyl (C=O) groups excluding carboxylic acids is 2. The highest BCUT2D eigenvalue weighted by Crippen LogP contribution is 2.19. The lowest BCUT2D eigenvalue weighted by Crippen LogP contribution is -2.47. The maximum Gasteiger partial charge on any atom is 0.241 e. The Kier molecular flexibility index (Phi) is 5.12. The van der Waals surface area contributed by atoms with Crippen LogP contribution in [0.4, 0.5) is 5.69 Å². The van der Waals surface area contributed by atoms with Crippen LogP contribution in [0.15, 0.2) is 24.3 Å². The van der Waals surface area contributed by atoms with E-state index >= 15 is 0 Å². The standard InChI is InChI=1S/C16H20N4O2/c1-11(20-7-5-13(6-8-20)15(18)21)16(22)19-14-4-2-3-12(9-14)10-17/h2-4,9,11,13H,5-8H2,1H3,(H2,18,21)(H,19,22). The Labute approximate surface area is 129 Å². The predicted molar refractivity (Wildman–Crippen MR) is 82.7 cm³/mol. The fourth-order valence-corrected chi connectivity index (χ4v) is 2.65. The van der Waals surface area contributed by atoms with E-state index in [1.165, 1.54) is 0 Å².